The summed E-state index contributed by atoms with van der Waals surface area (Å²) in [5, 5.41) is 0. The first-order valence-electron chi connectivity index (χ1n) is 7.13. The van der Waals surface area contributed by atoms with Crippen molar-refractivity contribution in [1.82, 2.24) is 14.9 Å². The zero-order valence-corrected chi connectivity index (χ0v) is 11.7. The van der Waals surface area contributed by atoms with Crippen LogP contribution in [0.1, 0.15) is 30.1 Å². The largest absolute Gasteiger partial charge is 0.349 e. The molecule has 1 aliphatic rings. The molecule has 2 aromatic rings. The molecule has 1 aliphatic heterocycles. The molecule has 1 unspecified atom stereocenters. The van der Waals surface area contributed by atoms with E-state index >= 15 is 0 Å². The molecule has 5 nitrogen and oxygen atoms in total. The number of nitrogens with one attached hydrogen (secondary N) is 1. The molecule has 0 spiro atoms. The number of carbonyl (C=O) groups is 2. The van der Waals surface area contributed by atoms with Crippen molar-refractivity contribution in [2.75, 3.05) is 6.54 Å². The predicted molar refractivity (Wildman–Crippen MR) is 77.4 cm³/mol. The van der Waals surface area contributed by atoms with Gasteiger partial charge in [0.2, 0.25) is 11.8 Å². The fourth-order valence-electron chi connectivity index (χ4n) is 2.70. The Morgan fingerprint density at radius 3 is 2.76 bits per heavy atom. The number of aromatic amines is 1. The van der Waals surface area contributed by atoms with Crippen LogP contribution in [0.3, 0.4) is 0 Å². The average molecular weight is 283 g/mol. The van der Waals surface area contributed by atoms with E-state index in [0.29, 0.717) is 6.54 Å². The Kier molecular flexibility index (Phi) is 3.81. The topological polar surface area (TPSA) is 66.1 Å². The van der Waals surface area contributed by atoms with E-state index in [0.717, 1.165) is 24.2 Å². The zero-order chi connectivity index (χ0) is 14.7. The summed E-state index contributed by atoms with van der Waals surface area (Å²) in [6, 6.07) is 9.51. The van der Waals surface area contributed by atoms with Crippen molar-refractivity contribution in [2.24, 2.45) is 0 Å². The lowest BCUT2D eigenvalue weighted by atomic mass is 9.98. The molecule has 1 fully saturated rings. The van der Waals surface area contributed by atoms with Gasteiger partial charge in [0.25, 0.3) is 0 Å². The lowest BCUT2D eigenvalue weighted by molar-refractivity contribution is -0.138. The van der Waals surface area contributed by atoms with Crippen LogP contribution < -0.4 is 0 Å². The molecule has 1 aromatic heterocycles. The van der Waals surface area contributed by atoms with Gasteiger partial charge in [-0.2, -0.15) is 0 Å². The van der Waals surface area contributed by atoms with Crippen molar-refractivity contribution in [3.63, 3.8) is 0 Å². The van der Waals surface area contributed by atoms with Gasteiger partial charge < -0.3 is 4.98 Å². The van der Waals surface area contributed by atoms with Crippen molar-refractivity contribution < 1.29 is 9.59 Å². The first-order chi connectivity index (χ1) is 10.3. The average Bonchev–Trinajstić information content (AvgIpc) is 3.11. The number of imide groups is 1. The number of H-pyrrole nitrogens is 1. The predicted octanol–water partition coefficient (Wildman–Crippen LogP) is 1.89. The Bertz CT molecular complexity index is 622. The Hall–Kier alpha value is -2.43. The number of imidazole rings is 1. The van der Waals surface area contributed by atoms with Crippen molar-refractivity contribution in [3.05, 3.63) is 54.1 Å². The monoisotopic (exact) mass is 283 g/mol. The molecule has 0 radical (unpaired) electrons. The fraction of sp³-hybridized carbons (Fsp3) is 0.312. The molecule has 1 atom stereocenters. The van der Waals surface area contributed by atoms with Crippen LogP contribution in [0.5, 0.6) is 0 Å². The summed E-state index contributed by atoms with van der Waals surface area (Å²) < 4.78 is 0. The van der Waals surface area contributed by atoms with Crippen LogP contribution in [0.15, 0.2) is 42.7 Å². The van der Waals surface area contributed by atoms with Gasteiger partial charge in [0.05, 0.1) is 5.92 Å². The molecular weight excluding hydrogens is 266 g/mol. The van der Waals surface area contributed by atoms with E-state index in [2.05, 4.69) is 9.97 Å². The highest BCUT2D eigenvalue weighted by atomic mass is 16.2. The van der Waals surface area contributed by atoms with Gasteiger partial charge in [-0.1, -0.05) is 30.3 Å². The highest BCUT2D eigenvalue weighted by Crippen LogP contribution is 2.29. The smallest absolute Gasteiger partial charge is 0.237 e. The van der Waals surface area contributed by atoms with Gasteiger partial charge in [-0.25, -0.2) is 4.98 Å². The number of aromatic nitrogens is 2. The maximum atomic E-state index is 12.4. The van der Waals surface area contributed by atoms with E-state index in [1.54, 1.807) is 12.4 Å². The van der Waals surface area contributed by atoms with Crippen LogP contribution in [-0.4, -0.2) is 33.2 Å². The number of amides is 2. The minimum atomic E-state index is -0.317. The second kappa shape index (κ2) is 5.91. The molecule has 2 amide bonds. The summed E-state index contributed by atoms with van der Waals surface area (Å²) in [7, 11) is 0. The molecule has 0 bridgehead atoms. The van der Waals surface area contributed by atoms with E-state index in [4.69, 9.17) is 0 Å². The lowest BCUT2D eigenvalue weighted by Gasteiger charge is -2.14. The lowest BCUT2D eigenvalue weighted by Crippen LogP contribution is -2.31. The number of benzene rings is 1. The normalized spacial score (nSPS) is 18.5. The van der Waals surface area contributed by atoms with Crippen LogP contribution in [0, 0.1) is 0 Å². The zero-order valence-electron chi connectivity index (χ0n) is 11.7. The fourth-order valence-corrected chi connectivity index (χ4v) is 2.70. The van der Waals surface area contributed by atoms with E-state index < -0.39 is 0 Å². The van der Waals surface area contributed by atoms with Crippen LogP contribution in [0.2, 0.25) is 0 Å². The quantitative estimate of drug-likeness (QED) is 0.852. The van der Waals surface area contributed by atoms with Gasteiger partial charge in [0.15, 0.2) is 0 Å². The highest BCUT2D eigenvalue weighted by molar-refractivity contribution is 6.06. The van der Waals surface area contributed by atoms with Crippen molar-refractivity contribution in [3.8, 4) is 0 Å². The minimum absolute atomic E-state index is 0.0757. The minimum Gasteiger partial charge on any atom is -0.349 e. The molecule has 1 saturated heterocycles. The van der Waals surface area contributed by atoms with Crippen LogP contribution in [0.25, 0.3) is 0 Å². The molecule has 108 valence electrons. The number of likely N-dealkylation sites (tertiary alicyclic amines) is 1. The molecule has 1 aromatic carbocycles. The molecule has 0 saturated carbocycles. The number of rotatable bonds is 5. The molecule has 2 heterocycles. The SMILES string of the molecule is O=C1CC(c2ccccc2)C(=O)N1CCCc1ncc[nH]1. The van der Waals surface area contributed by atoms with Crippen molar-refractivity contribution in [1.29, 1.82) is 0 Å². The standard InChI is InChI=1S/C16H17N3O2/c20-15-11-13(12-5-2-1-3-6-12)16(21)19(15)10-4-7-14-17-8-9-18-14/h1-3,5-6,8-9,13H,4,7,10-11H2,(H,17,18). The second-order valence-corrected chi connectivity index (χ2v) is 5.19. The number of nitrogens with zero attached hydrogens (tertiary/aromatic N) is 2. The number of hydrogen-bond donors (Lipinski definition) is 1. The maximum Gasteiger partial charge on any atom is 0.237 e. The summed E-state index contributed by atoms with van der Waals surface area (Å²) in [5.41, 5.74) is 0.921. The van der Waals surface area contributed by atoms with Gasteiger partial charge in [-0.05, 0) is 12.0 Å². The van der Waals surface area contributed by atoms with Crippen LogP contribution in [0.4, 0.5) is 0 Å². The van der Waals surface area contributed by atoms with E-state index in [-0.39, 0.29) is 24.2 Å². The summed E-state index contributed by atoms with van der Waals surface area (Å²) in [5.74, 6) is 0.412. The third-order valence-electron chi connectivity index (χ3n) is 3.80. The number of aryl methyl sites for hydroxylation is 1. The number of hydrogen-bond acceptors (Lipinski definition) is 3. The first kappa shape index (κ1) is 13.5. The van der Waals surface area contributed by atoms with Crippen LogP contribution >= 0.6 is 0 Å². The molecular formula is C16H17N3O2. The highest BCUT2D eigenvalue weighted by Gasteiger charge is 2.38. The van der Waals surface area contributed by atoms with Gasteiger partial charge >= 0.3 is 0 Å². The third kappa shape index (κ3) is 2.86. The van der Waals surface area contributed by atoms with Gasteiger partial charge in [-0.15, -0.1) is 0 Å². The van der Waals surface area contributed by atoms with E-state index in [1.807, 2.05) is 30.3 Å². The third-order valence-corrected chi connectivity index (χ3v) is 3.80. The van der Waals surface area contributed by atoms with E-state index in [9.17, 15) is 9.59 Å². The summed E-state index contributed by atoms with van der Waals surface area (Å²) >= 11 is 0. The van der Waals surface area contributed by atoms with E-state index in [1.165, 1.54) is 4.90 Å². The van der Waals surface area contributed by atoms with Gasteiger partial charge in [-0.3, -0.25) is 14.5 Å². The second-order valence-electron chi connectivity index (χ2n) is 5.19. The molecule has 1 N–H and O–H groups in total. The summed E-state index contributed by atoms with van der Waals surface area (Å²) in [6.07, 6.45) is 5.22. The van der Waals surface area contributed by atoms with Crippen molar-refractivity contribution in [2.45, 2.75) is 25.2 Å². The Morgan fingerprint density at radius 1 is 1.24 bits per heavy atom. The molecule has 0 aliphatic carbocycles. The molecule has 5 heteroatoms. The summed E-state index contributed by atoms with van der Waals surface area (Å²) in [6.45, 7) is 0.460. The summed E-state index contributed by atoms with van der Waals surface area (Å²) in [4.78, 5) is 33.0. The maximum absolute atomic E-state index is 12.4. The number of carbonyl (C=O) groups excluding carboxylic acids is 2. The molecule has 21 heavy (non-hydrogen) atoms. The Morgan fingerprint density at radius 2 is 2.05 bits per heavy atom. The molecule has 3 rings (SSSR count). The van der Waals surface area contributed by atoms with Gasteiger partial charge in [0.1, 0.15) is 5.82 Å². The Labute approximate surface area is 123 Å². The van der Waals surface area contributed by atoms with Crippen LogP contribution in [-0.2, 0) is 16.0 Å². The van der Waals surface area contributed by atoms with Crippen molar-refractivity contribution >= 4 is 11.8 Å². The van der Waals surface area contributed by atoms with Gasteiger partial charge in [0, 0.05) is 31.8 Å². The Balaban J connectivity index is 1.61. The first-order valence-corrected chi connectivity index (χ1v) is 7.13.